The van der Waals surface area contributed by atoms with Crippen LogP contribution in [0.2, 0.25) is 0 Å². The zero-order valence-corrected chi connectivity index (χ0v) is 31.7. The molecule has 4 N–H and O–H groups in total. The Morgan fingerprint density at radius 3 is 0.864 bits per heavy atom. The lowest BCUT2D eigenvalue weighted by atomic mass is 10.1. The molecule has 0 saturated carbocycles. The Morgan fingerprint density at radius 1 is 0.364 bits per heavy atom. The van der Waals surface area contributed by atoms with Crippen LogP contribution in [0.15, 0.2) is 99.9 Å². The highest BCUT2D eigenvalue weighted by Gasteiger charge is 2.35. The van der Waals surface area contributed by atoms with E-state index in [-0.39, 0.29) is 0 Å². The van der Waals surface area contributed by atoms with Crippen LogP contribution in [0.4, 0.5) is 22.7 Å². The van der Waals surface area contributed by atoms with Gasteiger partial charge in [0.25, 0.3) is 15.0 Å². The molecule has 3 heterocycles. The van der Waals surface area contributed by atoms with Gasteiger partial charge in [-0.3, -0.25) is 0 Å². The van der Waals surface area contributed by atoms with Crippen LogP contribution in [0.5, 0.6) is 0 Å². The van der Waals surface area contributed by atoms with Crippen LogP contribution in [0.25, 0.3) is 21.5 Å². The average Bonchev–Trinajstić information content (AvgIpc) is 2.85. The molecule has 0 aliphatic carbocycles. The zero-order chi connectivity index (χ0) is 31.2. The van der Waals surface area contributed by atoms with Crippen molar-refractivity contribution >= 4 is 88.1 Å². The summed E-state index contributed by atoms with van der Waals surface area (Å²) in [7, 11) is -13.4. The quantitative estimate of drug-likeness (QED) is 0.136. The minimum Gasteiger partial charge on any atom is -0.317 e. The molecule has 0 unspecified atom stereocenters. The van der Waals surface area contributed by atoms with Crippen molar-refractivity contribution < 1.29 is 0 Å². The van der Waals surface area contributed by atoms with Crippen LogP contribution < -0.4 is 20.3 Å². The van der Waals surface area contributed by atoms with Gasteiger partial charge in [0.05, 0.1) is 51.6 Å². The summed E-state index contributed by atoms with van der Waals surface area (Å²) in [5, 5.41) is 20.3. The summed E-state index contributed by atoms with van der Waals surface area (Å²) in [6, 6.07) is 25.7. The van der Waals surface area contributed by atoms with E-state index in [1.807, 2.05) is 0 Å². The molecule has 4 aromatic carbocycles. The molecular weight excluding hydrogens is 662 g/mol. The topological polar surface area (TPSA) is 122 Å². The summed E-state index contributed by atoms with van der Waals surface area (Å²) in [6.07, 6.45) is 0. The maximum atomic E-state index is 5.48. The first-order chi connectivity index (χ1) is 20.5. The van der Waals surface area contributed by atoms with E-state index in [0.29, 0.717) is 0 Å². The molecule has 0 radical (unpaired) electrons. The van der Waals surface area contributed by atoms with E-state index < -0.39 is 43.8 Å². The summed E-state index contributed by atoms with van der Waals surface area (Å²) in [6.45, 7) is 17.5. The first-order valence-corrected chi connectivity index (χ1v) is 28.1. The van der Waals surface area contributed by atoms with Gasteiger partial charge in [0.15, 0.2) is 0 Å². The Kier molecular flexibility index (Phi) is 7.13. The summed E-state index contributed by atoms with van der Waals surface area (Å²) in [5.41, 5.74) is 3.74. The molecule has 3 aliphatic rings. The third-order valence-electron chi connectivity index (χ3n) is 7.15. The van der Waals surface area contributed by atoms with Crippen LogP contribution in [-0.4, -0.2) is 53.3 Å². The van der Waals surface area contributed by atoms with Crippen LogP contribution in [0.3, 0.4) is 0 Å². The predicted molar refractivity (Wildman–Crippen MR) is 206 cm³/mol. The van der Waals surface area contributed by atoms with Crippen LogP contribution in [0.1, 0.15) is 0 Å². The Hall–Kier alpha value is -2.02. The number of benzene rings is 4. The Bertz CT molecular complexity index is 1970. The number of rotatable bonds is 0. The van der Waals surface area contributed by atoms with Crippen LogP contribution in [0, 0.1) is 0 Å². The molecule has 0 atom stereocenters. The molecular formula is C28H40N10P6. The smallest absolute Gasteiger partial charge is 0.262 e. The number of nitrogens with zero attached hydrogens (tertiary/aromatic N) is 6. The molecule has 4 aromatic rings. The van der Waals surface area contributed by atoms with Gasteiger partial charge < -0.3 is 20.3 Å². The van der Waals surface area contributed by atoms with Crippen molar-refractivity contribution in [1.82, 2.24) is 0 Å². The molecule has 44 heavy (non-hydrogen) atoms. The van der Waals surface area contributed by atoms with E-state index in [1.54, 1.807) is 0 Å². The van der Waals surface area contributed by atoms with E-state index in [2.05, 4.69) is 146 Å². The highest BCUT2D eigenvalue weighted by molar-refractivity contribution is 7.88. The van der Waals surface area contributed by atoms with Crippen molar-refractivity contribution in [3.05, 3.63) is 72.8 Å². The average molecular weight is 703 g/mol. The van der Waals surface area contributed by atoms with Gasteiger partial charge in [0, 0.05) is 0 Å². The molecule has 10 nitrogen and oxygen atoms in total. The fourth-order valence-electron chi connectivity index (χ4n) is 6.20. The SMILES string of the molecule is CP1(C)=NP(C)(C)=NP2(=N1)Nc1cc3ccccc3cc1NP1(=NP(C)(C)=NP(C)(C)=N1)Nc1cc3ccccc3cc1N2. The largest absolute Gasteiger partial charge is 0.317 e. The van der Waals surface area contributed by atoms with Crippen molar-refractivity contribution in [2.45, 2.75) is 0 Å². The number of anilines is 4. The molecule has 16 heteroatoms. The third kappa shape index (κ3) is 6.08. The van der Waals surface area contributed by atoms with Gasteiger partial charge in [0.1, 0.15) is 0 Å². The van der Waals surface area contributed by atoms with Gasteiger partial charge in [-0.2, -0.15) is 0 Å². The van der Waals surface area contributed by atoms with Gasteiger partial charge in [-0.15, -0.1) is 0 Å². The van der Waals surface area contributed by atoms with E-state index >= 15 is 0 Å². The Morgan fingerprint density at radius 2 is 0.614 bits per heavy atom. The molecule has 232 valence electrons. The van der Waals surface area contributed by atoms with Crippen molar-refractivity contribution in [3.8, 4) is 0 Å². The number of hydrogen-bond donors (Lipinski definition) is 4. The lowest BCUT2D eigenvalue weighted by Crippen LogP contribution is -2.14. The number of hydrogen-bond acceptors (Lipinski definition) is 10. The van der Waals surface area contributed by atoms with Crippen molar-refractivity contribution in [1.29, 1.82) is 0 Å². The van der Waals surface area contributed by atoms with Crippen LogP contribution >= 0.6 is 43.8 Å². The second-order valence-corrected chi connectivity index (χ2v) is 31.3. The van der Waals surface area contributed by atoms with E-state index in [4.69, 9.17) is 27.1 Å². The summed E-state index contributed by atoms with van der Waals surface area (Å²) in [5.74, 6) is 0. The van der Waals surface area contributed by atoms with Crippen molar-refractivity contribution in [2.24, 2.45) is 27.1 Å². The molecule has 0 aromatic heterocycles. The second-order valence-electron chi connectivity index (χ2n) is 13.0. The minimum absolute atomic E-state index is 0.935. The van der Waals surface area contributed by atoms with E-state index in [0.717, 1.165) is 44.3 Å². The number of fused-ring (bicyclic) bond motifs is 4. The maximum absolute atomic E-state index is 5.48. The van der Waals surface area contributed by atoms with Crippen molar-refractivity contribution in [2.75, 3.05) is 73.7 Å². The lowest BCUT2D eigenvalue weighted by Gasteiger charge is -2.38. The molecule has 3 aliphatic heterocycles. The van der Waals surface area contributed by atoms with Gasteiger partial charge >= 0.3 is 0 Å². The monoisotopic (exact) mass is 702 g/mol. The summed E-state index contributed by atoms with van der Waals surface area (Å²) < 4.78 is 32.3. The van der Waals surface area contributed by atoms with E-state index in [9.17, 15) is 0 Å². The van der Waals surface area contributed by atoms with Gasteiger partial charge in [-0.25, -0.2) is 27.1 Å². The molecule has 2 spiro atoms. The fourth-order valence-corrected chi connectivity index (χ4v) is 31.3. The molecule has 0 saturated heterocycles. The predicted octanol–water partition coefficient (Wildman–Crippen LogP) is 12.8. The highest BCUT2D eigenvalue weighted by atomic mass is 31.3. The fraction of sp³-hybridized carbons (Fsp3) is 0.286. The van der Waals surface area contributed by atoms with Gasteiger partial charge in [0.2, 0.25) is 0 Å². The van der Waals surface area contributed by atoms with Crippen molar-refractivity contribution in [3.63, 3.8) is 0 Å². The first kappa shape index (κ1) is 30.6. The maximum Gasteiger partial charge on any atom is 0.262 e. The summed E-state index contributed by atoms with van der Waals surface area (Å²) >= 11 is 0. The van der Waals surface area contributed by atoms with E-state index in [1.165, 1.54) is 0 Å². The normalized spacial score (nSPS) is 22.7. The summed E-state index contributed by atoms with van der Waals surface area (Å²) in [4.78, 5) is 0. The molecule has 0 fully saturated rings. The highest BCUT2D eigenvalue weighted by Crippen LogP contribution is 2.76. The first-order valence-electron chi connectivity index (χ1n) is 14.3. The second kappa shape index (κ2) is 10.2. The Balaban J connectivity index is 1.59. The standard InChI is InChI=1S/C28H40N10P6/c1-39(2)33-40(3,4)36-43(35-39)29-25-17-21-13-9-11-15-23(21)19-27(25)31-44(37-41(5,6)34-42(7,8)38-44)32-28-20-24-16-12-10-14-22(24)18-26(28)30-43/h9-20,29-32H,1-8H3. The Labute approximate surface area is 260 Å². The third-order valence-corrected chi connectivity index (χ3v) is 27.5. The lowest BCUT2D eigenvalue weighted by molar-refractivity contribution is 1.51. The molecule has 7 rings (SSSR count). The van der Waals surface area contributed by atoms with Crippen LogP contribution in [-0.2, 0) is 0 Å². The minimum atomic E-state index is -2.75. The van der Waals surface area contributed by atoms with Gasteiger partial charge in [-0.05, 0) is 99.1 Å². The number of nitrogens with one attached hydrogen (secondary N) is 4. The van der Waals surface area contributed by atoms with Gasteiger partial charge in [-0.1, -0.05) is 48.5 Å². The molecule has 0 amide bonds. The zero-order valence-electron chi connectivity index (χ0n) is 26.3. The molecule has 0 bridgehead atoms.